The smallest absolute Gasteiger partial charge is 0.148 e. The van der Waals surface area contributed by atoms with E-state index in [0.717, 1.165) is 42.1 Å². The summed E-state index contributed by atoms with van der Waals surface area (Å²) in [5.41, 5.74) is 4.35. The Morgan fingerprint density at radius 1 is 0.852 bits per heavy atom. The zero-order chi connectivity index (χ0) is 19.4. The molecule has 0 aliphatic heterocycles. The summed E-state index contributed by atoms with van der Waals surface area (Å²) in [5.74, 6) is 0.771. The van der Waals surface area contributed by atoms with Crippen molar-refractivity contribution in [3.63, 3.8) is 0 Å². The van der Waals surface area contributed by atoms with Gasteiger partial charge in [-0.3, -0.25) is 0 Å². The third kappa shape index (κ3) is 5.64. The first-order valence-electron chi connectivity index (χ1n) is 8.27. The van der Waals surface area contributed by atoms with Crippen molar-refractivity contribution < 1.29 is 4.74 Å². The van der Waals surface area contributed by atoms with Crippen LogP contribution in [0.4, 0.5) is 5.69 Å². The van der Waals surface area contributed by atoms with Gasteiger partial charge in [-0.05, 0) is 91.9 Å². The van der Waals surface area contributed by atoms with Gasteiger partial charge >= 0.3 is 0 Å². The molecule has 0 saturated carbocycles. The summed E-state index contributed by atoms with van der Waals surface area (Å²) in [7, 11) is 0. The fourth-order valence-corrected chi connectivity index (χ4v) is 4.38. The van der Waals surface area contributed by atoms with Crippen LogP contribution in [0.3, 0.4) is 0 Å². The lowest BCUT2D eigenvalue weighted by Crippen LogP contribution is -2.02. The van der Waals surface area contributed by atoms with Crippen LogP contribution >= 0.6 is 55.1 Å². The Morgan fingerprint density at radius 3 is 2.15 bits per heavy atom. The van der Waals surface area contributed by atoms with Crippen LogP contribution in [-0.2, 0) is 13.2 Å². The Bertz CT molecular complexity index is 922. The van der Waals surface area contributed by atoms with E-state index < -0.39 is 0 Å². The van der Waals surface area contributed by atoms with Crippen molar-refractivity contribution >= 4 is 60.7 Å². The maximum Gasteiger partial charge on any atom is 0.148 e. The number of halogens is 4. The van der Waals surface area contributed by atoms with Gasteiger partial charge in [-0.25, -0.2) is 0 Å². The Labute approximate surface area is 186 Å². The van der Waals surface area contributed by atoms with Gasteiger partial charge in [0, 0.05) is 22.3 Å². The normalized spacial score (nSPS) is 10.7. The number of ether oxygens (including phenoxy) is 1. The molecule has 0 heterocycles. The van der Waals surface area contributed by atoms with Gasteiger partial charge in [0.15, 0.2) is 0 Å². The Morgan fingerprint density at radius 2 is 1.48 bits per heavy atom. The quantitative estimate of drug-likeness (QED) is 0.349. The summed E-state index contributed by atoms with van der Waals surface area (Å²) in [6.07, 6.45) is 0. The summed E-state index contributed by atoms with van der Waals surface area (Å²) < 4.78 is 7.76. The first kappa shape index (κ1) is 20.5. The van der Waals surface area contributed by atoms with E-state index >= 15 is 0 Å². The molecule has 140 valence electrons. The predicted molar refractivity (Wildman–Crippen MR) is 121 cm³/mol. The van der Waals surface area contributed by atoms with Crippen molar-refractivity contribution in [1.82, 2.24) is 0 Å². The molecule has 0 aliphatic carbocycles. The van der Waals surface area contributed by atoms with Gasteiger partial charge in [-0.15, -0.1) is 0 Å². The summed E-state index contributed by atoms with van der Waals surface area (Å²) in [5, 5.41) is 4.86. The number of aryl methyl sites for hydroxylation is 1. The molecule has 3 aromatic carbocycles. The average Bonchev–Trinajstić information content (AvgIpc) is 2.63. The minimum atomic E-state index is 0.466. The van der Waals surface area contributed by atoms with E-state index in [1.54, 1.807) is 0 Å². The Hall–Kier alpha value is -1.20. The van der Waals surface area contributed by atoms with Crippen LogP contribution < -0.4 is 10.1 Å². The molecule has 0 amide bonds. The fraction of sp³-hybridized carbons (Fsp3) is 0.143. The van der Waals surface area contributed by atoms with Crippen molar-refractivity contribution in [2.24, 2.45) is 0 Å². The molecule has 0 bridgehead atoms. The zero-order valence-electron chi connectivity index (χ0n) is 14.5. The molecule has 0 aromatic heterocycles. The largest absolute Gasteiger partial charge is 0.487 e. The van der Waals surface area contributed by atoms with Crippen molar-refractivity contribution in [2.75, 3.05) is 5.32 Å². The number of hydrogen-bond donors (Lipinski definition) is 1. The number of benzene rings is 3. The maximum absolute atomic E-state index is 6.08. The van der Waals surface area contributed by atoms with Gasteiger partial charge in [-0.1, -0.05) is 41.4 Å². The van der Waals surface area contributed by atoms with Gasteiger partial charge in [0.05, 0.1) is 8.95 Å². The van der Waals surface area contributed by atoms with E-state index in [2.05, 4.69) is 56.2 Å². The molecule has 3 aromatic rings. The van der Waals surface area contributed by atoms with E-state index in [1.807, 2.05) is 42.5 Å². The fourth-order valence-electron chi connectivity index (χ4n) is 2.57. The highest BCUT2D eigenvalue weighted by Gasteiger charge is 2.10. The molecule has 0 radical (unpaired) electrons. The maximum atomic E-state index is 6.08. The molecule has 0 atom stereocenters. The van der Waals surface area contributed by atoms with Crippen molar-refractivity contribution in [3.05, 3.63) is 90.3 Å². The van der Waals surface area contributed by atoms with E-state index in [4.69, 9.17) is 27.9 Å². The zero-order valence-corrected chi connectivity index (χ0v) is 19.2. The number of hydrogen-bond acceptors (Lipinski definition) is 2. The predicted octanol–water partition coefficient (Wildman–Crippen LogP) is 8.02. The van der Waals surface area contributed by atoms with Crippen LogP contribution in [0.5, 0.6) is 5.75 Å². The molecule has 6 heteroatoms. The molecule has 0 fully saturated rings. The molecule has 0 aliphatic rings. The lowest BCUT2D eigenvalue weighted by molar-refractivity contribution is 0.302. The molecule has 27 heavy (non-hydrogen) atoms. The van der Waals surface area contributed by atoms with Crippen LogP contribution in [-0.4, -0.2) is 0 Å². The summed E-state index contributed by atoms with van der Waals surface area (Å²) >= 11 is 19.2. The summed E-state index contributed by atoms with van der Waals surface area (Å²) in [6, 6.07) is 17.6. The molecule has 0 unspecified atom stereocenters. The number of nitrogens with one attached hydrogen (secondary N) is 1. The van der Waals surface area contributed by atoms with Crippen molar-refractivity contribution in [3.8, 4) is 5.75 Å². The minimum Gasteiger partial charge on any atom is -0.487 e. The third-order valence-electron chi connectivity index (χ3n) is 4.04. The topological polar surface area (TPSA) is 21.3 Å². The van der Waals surface area contributed by atoms with Crippen molar-refractivity contribution in [2.45, 2.75) is 20.1 Å². The van der Waals surface area contributed by atoms with Crippen LogP contribution in [0.2, 0.25) is 10.0 Å². The first-order chi connectivity index (χ1) is 12.9. The summed E-state index contributed by atoms with van der Waals surface area (Å²) in [4.78, 5) is 0. The van der Waals surface area contributed by atoms with Crippen LogP contribution in [0.1, 0.15) is 16.7 Å². The van der Waals surface area contributed by atoms with Crippen LogP contribution in [0.25, 0.3) is 0 Å². The van der Waals surface area contributed by atoms with Crippen LogP contribution in [0, 0.1) is 6.92 Å². The second kappa shape index (κ2) is 9.33. The molecule has 0 saturated heterocycles. The highest BCUT2D eigenvalue weighted by molar-refractivity contribution is 9.11. The molecule has 2 nitrogen and oxygen atoms in total. The standard InChI is InChI=1S/C21H17Br2Cl2NO/c1-13-2-5-17(25)10-20(13)26-11-15-8-18(22)21(19(23)9-15)27-12-14-3-6-16(24)7-4-14/h2-10,26H,11-12H2,1H3. The van der Waals surface area contributed by atoms with Crippen LogP contribution in [0.15, 0.2) is 63.5 Å². The molecular weight excluding hydrogens is 513 g/mol. The second-order valence-corrected chi connectivity index (χ2v) is 8.70. The van der Waals surface area contributed by atoms with E-state index in [9.17, 15) is 0 Å². The minimum absolute atomic E-state index is 0.466. The van der Waals surface area contributed by atoms with Gasteiger partial charge in [0.25, 0.3) is 0 Å². The monoisotopic (exact) mass is 527 g/mol. The molecular formula is C21H17Br2Cl2NO. The van der Waals surface area contributed by atoms with Gasteiger partial charge in [-0.2, -0.15) is 0 Å². The van der Waals surface area contributed by atoms with E-state index in [-0.39, 0.29) is 0 Å². The molecule has 3 rings (SSSR count). The third-order valence-corrected chi connectivity index (χ3v) is 5.70. The molecule has 1 N–H and O–H groups in total. The SMILES string of the molecule is Cc1ccc(Cl)cc1NCc1cc(Br)c(OCc2ccc(Cl)cc2)c(Br)c1. The second-order valence-electron chi connectivity index (χ2n) is 6.12. The van der Waals surface area contributed by atoms with E-state index in [1.165, 1.54) is 0 Å². The summed E-state index contributed by atoms with van der Waals surface area (Å²) in [6.45, 7) is 3.20. The lowest BCUT2D eigenvalue weighted by Gasteiger charge is -2.14. The van der Waals surface area contributed by atoms with Gasteiger partial charge in [0.1, 0.15) is 12.4 Å². The lowest BCUT2D eigenvalue weighted by atomic mass is 10.1. The Balaban J connectivity index is 1.68. The number of anilines is 1. The average molecular weight is 530 g/mol. The van der Waals surface area contributed by atoms with Crippen molar-refractivity contribution in [1.29, 1.82) is 0 Å². The highest BCUT2D eigenvalue weighted by Crippen LogP contribution is 2.35. The number of rotatable bonds is 6. The Kier molecular flexibility index (Phi) is 7.10. The van der Waals surface area contributed by atoms with Gasteiger partial charge in [0.2, 0.25) is 0 Å². The van der Waals surface area contributed by atoms with E-state index in [0.29, 0.717) is 18.2 Å². The van der Waals surface area contributed by atoms with Gasteiger partial charge < -0.3 is 10.1 Å². The highest BCUT2D eigenvalue weighted by atomic mass is 79.9. The molecule has 0 spiro atoms. The first-order valence-corrected chi connectivity index (χ1v) is 10.6.